The van der Waals surface area contributed by atoms with E-state index in [0.717, 1.165) is 15.6 Å². The minimum Gasteiger partial charge on any atom is -0.444 e. The number of amides is 1. The summed E-state index contributed by atoms with van der Waals surface area (Å²) >= 11 is 3.40. The summed E-state index contributed by atoms with van der Waals surface area (Å²) in [5, 5.41) is 1.90. The van der Waals surface area contributed by atoms with E-state index in [4.69, 9.17) is 10.5 Å². The molecule has 0 bridgehead atoms. The number of hydrogen-bond donors (Lipinski definition) is 2. The van der Waals surface area contributed by atoms with E-state index in [1.165, 1.54) is 0 Å². The molecule has 3 atom stereocenters. The van der Waals surface area contributed by atoms with Crippen LogP contribution in [0.25, 0.3) is 0 Å². The van der Waals surface area contributed by atoms with Gasteiger partial charge < -0.3 is 15.8 Å². The highest BCUT2D eigenvalue weighted by Gasteiger charge is 2.71. The van der Waals surface area contributed by atoms with E-state index in [2.05, 4.69) is 21.2 Å². The molecule has 162 valence electrons. The van der Waals surface area contributed by atoms with Crippen LogP contribution in [0, 0.1) is 6.92 Å². The number of carbonyl (C=O) groups excluding carboxylic acids is 1. The molecule has 1 amide bonds. The standard InChI is InChI=1S/C22H27BrN2O4S/c1-14-5-11-17(12-6-14)30(27,28)19-18(15-7-9-16(23)10-8-15)22(19,13-24)25-20(26)29-21(2,3)4/h5-12,18-19H,13,24H2,1-4H3,(H,25,26)/t18-,19-,22+/m1/s1. The summed E-state index contributed by atoms with van der Waals surface area (Å²) in [6, 6.07) is 14.1. The molecule has 0 heterocycles. The van der Waals surface area contributed by atoms with Gasteiger partial charge in [0.25, 0.3) is 0 Å². The number of nitrogens with two attached hydrogens (primary N) is 1. The third-order valence-corrected chi connectivity index (χ3v) is 8.06. The third kappa shape index (κ3) is 4.40. The van der Waals surface area contributed by atoms with Gasteiger partial charge in [-0.15, -0.1) is 0 Å². The summed E-state index contributed by atoms with van der Waals surface area (Å²) in [4.78, 5) is 12.8. The Morgan fingerprint density at radius 3 is 2.20 bits per heavy atom. The van der Waals surface area contributed by atoms with Crippen molar-refractivity contribution in [2.75, 3.05) is 6.54 Å². The molecule has 0 radical (unpaired) electrons. The van der Waals surface area contributed by atoms with Gasteiger partial charge in [-0.05, 0) is 57.5 Å². The highest BCUT2D eigenvalue weighted by molar-refractivity contribution is 9.10. The van der Waals surface area contributed by atoms with Crippen LogP contribution >= 0.6 is 15.9 Å². The van der Waals surface area contributed by atoms with Crippen molar-refractivity contribution >= 4 is 31.9 Å². The van der Waals surface area contributed by atoms with Gasteiger partial charge in [-0.1, -0.05) is 45.8 Å². The number of rotatable bonds is 5. The Morgan fingerprint density at radius 1 is 1.13 bits per heavy atom. The Morgan fingerprint density at radius 2 is 1.70 bits per heavy atom. The topological polar surface area (TPSA) is 98.5 Å². The van der Waals surface area contributed by atoms with Gasteiger partial charge in [0.2, 0.25) is 0 Å². The molecule has 8 heteroatoms. The molecular weight excluding hydrogens is 468 g/mol. The molecule has 3 N–H and O–H groups in total. The number of sulfone groups is 1. The minimum atomic E-state index is -3.76. The lowest BCUT2D eigenvalue weighted by atomic mass is 10.1. The quantitative estimate of drug-likeness (QED) is 0.655. The first-order chi connectivity index (χ1) is 13.9. The minimum absolute atomic E-state index is 0.0390. The highest BCUT2D eigenvalue weighted by Crippen LogP contribution is 2.57. The SMILES string of the molecule is Cc1ccc(S(=O)(=O)[C@@H]2[C@@H](c3ccc(Br)cc3)[C@]2(CN)NC(=O)OC(C)(C)C)cc1. The molecule has 3 rings (SSSR count). The zero-order chi connectivity index (χ0) is 22.3. The van der Waals surface area contributed by atoms with Gasteiger partial charge in [-0.3, -0.25) is 0 Å². The summed E-state index contributed by atoms with van der Waals surface area (Å²) in [5.41, 5.74) is 5.97. The van der Waals surface area contributed by atoms with Gasteiger partial charge in [0, 0.05) is 16.9 Å². The van der Waals surface area contributed by atoms with Crippen LogP contribution in [0.2, 0.25) is 0 Å². The first kappa shape index (κ1) is 22.8. The second-order valence-corrected chi connectivity index (χ2v) is 11.7. The van der Waals surface area contributed by atoms with E-state index < -0.39 is 38.2 Å². The van der Waals surface area contributed by atoms with Crippen molar-refractivity contribution in [1.82, 2.24) is 5.32 Å². The molecule has 2 aromatic rings. The van der Waals surface area contributed by atoms with Crippen molar-refractivity contribution in [2.45, 2.75) is 54.9 Å². The van der Waals surface area contributed by atoms with Crippen LogP contribution in [0.3, 0.4) is 0 Å². The molecule has 0 unspecified atom stereocenters. The number of benzene rings is 2. The molecule has 1 fully saturated rings. The monoisotopic (exact) mass is 494 g/mol. The first-order valence-electron chi connectivity index (χ1n) is 9.68. The predicted molar refractivity (Wildman–Crippen MR) is 120 cm³/mol. The number of alkyl carbamates (subject to hydrolysis) is 1. The van der Waals surface area contributed by atoms with Gasteiger partial charge in [0.15, 0.2) is 9.84 Å². The van der Waals surface area contributed by atoms with Crippen LogP contribution in [0.5, 0.6) is 0 Å². The van der Waals surface area contributed by atoms with Crippen molar-refractivity contribution in [3.8, 4) is 0 Å². The Kier molecular flexibility index (Phi) is 6.06. The van der Waals surface area contributed by atoms with Crippen LogP contribution in [-0.2, 0) is 14.6 Å². The van der Waals surface area contributed by atoms with Crippen molar-refractivity contribution in [2.24, 2.45) is 5.73 Å². The third-order valence-electron chi connectivity index (χ3n) is 5.24. The van der Waals surface area contributed by atoms with Crippen LogP contribution in [-0.4, -0.2) is 37.4 Å². The van der Waals surface area contributed by atoms with Gasteiger partial charge >= 0.3 is 6.09 Å². The molecule has 0 aromatic heterocycles. The van der Waals surface area contributed by atoms with Gasteiger partial charge in [-0.25, -0.2) is 13.2 Å². The Bertz CT molecular complexity index is 1030. The lowest BCUT2D eigenvalue weighted by molar-refractivity contribution is 0.0497. The molecule has 30 heavy (non-hydrogen) atoms. The number of ether oxygens (including phenoxy) is 1. The summed E-state index contributed by atoms with van der Waals surface area (Å²) < 4.78 is 33.4. The van der Waals surface area contributed by atoms with Crippen LogP contribution in [0.1, 0.15) is 37.8 Å². The zero-order valence-corrected chi connectivity index (χ0v) is 19.9. The van der Waals surface area contributed by atoms with E-state index in [0.29, 0.717) is 0 Å². The van der Waals surface area contributed by atoms with E-state index >= 15 is 0 Å². The maximum Gasteiger partial charge on any atom is 0.408 e. The Hall–Kier alpha value is -1.90. The molecule has 2 aromatic carbocycles. The molecule has 0 aliphatic heterocycles. The molecule has 0 saturated heterocycles. The van der Waals surface area contributed by atoms with Gasteiger partial charge in [0.05, 0.1) is 10.4 Å². The summed E-state index contributed by atoms with van der Waals surface area (Å²) in [7, 11) is -3.76. The second kappa shape index (κ2) is 7.98. The first-order valence-corrected chi connectivity index (χ1v) is 12.0. The lowest BCUT2D eigenvalue weighted by Gasteiger charge is -2.24. The molecule has 1 aliphatic rings. The van der Waals surface area contributed by atoms with E-state index in [9.17, 15) is 13.2 Å². The molecule has 6 nitrogen and oxygen atoms in total. The number of hydrogen-bond acceptors (Lipinski definition) is 5. The van der Waals surface area contributed by atoms with E-state index in [-0.39, 0.29) is 11.4 Å². The number of halogens is 1. The van der Waals surface area contributed by atoms with Gasteiger partial charge in [-0.2, -0.15) is 0 Å². The average Bonchev–Trinajstić information content (AvgIpc) is 3.30. The van der Waals surface area contributed by atoms with Crippen molar-refractivity contribution in [3.63, 3.8) is 0 Å². The summed E-state index contributed by atoms with van der Waals surface area (Å²) in [6.07, 6.45) is -0.684. The summed E-state index contributed by atoms with van der Waals surface area (Å²) in [5.74, 6) is -0.491. The molecule has 1 aliphatic carbocycles. The van der Waals surface area contributed by atoms with Crippen LogP contribution < -0.4 is 11.1 Å². The lowest BCUT2D eigenvalue weighted by Crippen LogP contribution is -2.49. The van der Waals surface area contributed by atoms with Gasteiger partial charge in [0.1, 0.15) is 10.9 Å². The van der Waals surface area contributed by atoms with Crippen molar-refractivity contribution in [3.05, 3.63) is 64.1 Å². The Balaban J connectivity index is 2.03. The average molecular weight is 495 g/mol. The second-order valence-electron chi connectivity index (χ2n) is 8.68. The predicted octanol–water partition coefficient (Wildman–Crippen LogP) is 3.92. The van der Waals surface area contributed by atoms with Crippen LogP contribution in [0.4, 0.5) is 4.79 Å². The number of carbonyl (C=O) groups is 1. The number of aryl methyl sites for hydroxylation is 1. The fourth-order valence-corrected chi connectivity index (χ4v) is 6.42. The van der Waals surface area contributed by atoms with Crippen LogP contribution in [0.15, 0.2) is 57.9 Å². The molecular formula is C22H27BrN2O4S. The van der Waals surface area contributed by atoms with Crippen molar-refractivity contribution in [1.29, 1.82) is 0 Å². The fraction of sp³-hybridized carbons (Fsp3) is 0.409. The van der Waals surface area contributed by atoms with Crippen molar-refractivity contribution < 1.29 is 17.9 Å². The largest absolute Gasteiger partial charge is 0.444 e. The summed E-state index contributed by atoms with van der Waals surface area (Å²) in [6.45, 7) is 7.11. The number of nitrogens with one attached hydrogen (secondary N) is 1. The maximum absolute atomic E-state index is 13.5. The smallest absolute Gasteiger partial charge is 0.408 e. The Labute approximate surface area is 186 Å². The zero-order valence-electron chi connectivity index (χ0n) is 17.5. The highest BCUT2D eigenvalue weighted by atomic mass is 79.9. The maximum atomic E-state index is 13.5. The molecule has 1 saturated carbocycles. The van der Waals surface area contributed by atoms with E-state index in [1.807, 2.05) is 31.2 Å². The normalized spacial score (nSPS) is 23.7. The fourth-order valence-electron chi connectivity index (χ4n) is 3.81. The molecule has 0 spiro atoms. The van der Waals surface area contributed by atoms with E-state index in [1.54, 1.807) is 45.0 Å².